The van der Waals surface area contributed by atoms with E-state index in [1.165, 1.54) is 11.3 Å². The summed E-state index contributed by atoms with van der Waals surface area (Å²) >= 11 is 1.38. The molecule has 0 saturated carbocycles. The number of ether oxygens (including phenoxy) is 2. The third-order valence-electron chi connectivity index (χ3n) is 8.17. The molecule has 11 heteroatoms. The summed E-state index contributed by atoms with van der Waals surface area (Å²) in [6.45, 7) is 5.19. The molecule has 1 amide bonds. The van der Waals surface area contributed by atoms with Gasteiger partial charge >= 0.3 is 0 Å². The first-order valence-electron chi connectivity index (χ1n) is 13.7. The molecule has 2 aliphatic heterocycles. The molecule has 0 spiro atoms. The predicted octanol–water partition coefficient (Wildman–Crippen LogP) is 2.73. The number of thiophene rings is 1. The number of carbonyl (C=O) groups is 1. The van der Waals surface area contributed by atoms with E-state index < -0.39 is 11.3 Å². The summed E-state index contributed by atoms with van der Waals surface area (Å²) in [6.07, 6.45) is 6.25. The first-order valence-corrected chi connectivity index (χ1v) is 14.5. The molecule has 4 heterocycles. The Labute approximate surface area is 233 Å². The number of amidine groups is 1. The van der Waals surface area contributed by atoms with Gasteiger partial charge in [-0.15, -0.1) is 11.3 Å². The fourth-order valence-electron chi connectivity index (χ4n) is 5.83. The molecule has 1 aliphatic carbocycles. The number of fused-ring (bicyclic) bond motifs is 1. The first-order chi connectivity index (χ1) is 18.8. The SMILES string of the molecule is CN1CCCC1COc1cc(OC2CCNCC2)cc(C(N)=NC(=O)C2(C)CCCc3sc(N)c(C#N)c32)n1. The van der Waals surface area contributed by atoms with Gasteiger partial charge in [-0.1, -0.05) is 0 Å². The monoisotopic (exact) mass is 551 g/mol. The van der Waals surface area contributed by atoms with Crippen molar-refractivity contribution in [1.82, 2.24) is 15.2 Å². The molecule has 0 radical (unpaired) electrons. The van der Waals surface area contributed by atoms with Gasteiger partial charge in [0, 0.05) is 28.6 Å². The van der Waals surface area contributed by atoms with Gasteiger partial charge in [-0.05, 0) is 78.6 Å². The van der Waals surface area contributed by atoms with Gasteiger partial charge in [0.15, 0.2) is 5.84 Å². The van der Waals surface area contributed by atoms with Crippen molar-refractivity contribution in [2.45, 2.75) is 69.4 Å². The molecule has 5 N–H and O–H groups in total. The summed E-state index contributed by atoms with van der Waals surface area (Å²) in [4.78, 5) is 25.8. The Hall–Kier alpha value is -3.20. The highest BCUT2D eigenvalue weighted by atomic mass is 32.1. The van der Waals surface area contributed by atoms with Gasteiger partial charge in [0.25, 0.3) is 5.91 Å². The molecule has 39 heavy (non-hydrogen) atoms. The van der Waals surface area contributed by atoms with Crippen molar-refractivity contribution < 1.29 is 14.3 Å². The largest absolute Gasteiger partial charge is 0.490 e. The number of pyridine rings is 1. The molecule has 10 nitrogen and oxygen atoms in total. The maximum absolute atomic E-state index is 13.7. The zero-order valence-electron chi connectivity index (χ0n) is 22.7. The third-order valence-corrected chi connectivity index (χ3v) is 9.25. The van der Waals surface area contributed by atoms with E-state index in [0.29, 0.717) is 52.5 Å². The van der Waals surface area contributed by atoms with Gasteiger partial charge < -0.3 is 31.2 Å². The van der Waals surface area contributed by atoms with Crippen molar-refractivity contribution >= 4 is 28.1 Å². The molecule has 208 valence electrons. The van der Waals surface area contributed by atoms with E-state index in [0.717, 1.165) is 63.0 Å². The van der Waals surface area contributed by atoms with Crippen molar-refractivity contribution in [2.24, 2.45) is 10.7 Å². The first kappa shape index (κ1) is 27.4. The van der Waals surface area contributed by atoms with Gasteiger partial charge in [-0.2, -0.15) is 10.3 Å². The van der Waals surface area contributed by atoms with Gasteiger partial charge in [-0.3, -0.25) is 4.79 Å². The minimum Gasteiger partial charge on any atom is -0.490 e. The number of piperidine rings is 1. The summed E-state index contributed by atoms with van der Waals surface area (Å²) in [5.41, 5.74) is 13.0. The van der Waals surface area contributed by atoms with Gasteiger partial charge in [-0.25, -0.2) is 4.98 Å². The summed E-state index contributed by atoms with van der Waals surface area (Å²) in [5, 5.41) is 13.5. The summed E-state index contributed by atoms with van der Waals surface area (Å²) in [5.74, 6) is 0.576. The minimum absolute atomic E-state index is 0.00588. The normalized spacial score (nSPS) is 24.2. The Morgan fingerprint density at radius 3 is 2.85 bits per heavy atom. The minimum atomic E-state index is -0.979. The molecule has 3 aliphatic rings. The zero-order valence-corrected chi connectivity index (χ0v) is 23.5. The molecular formula is C28H37N7O3S. The van der Waals surface area contributed by atoms with E-state index in [2.05, 4.69) is 33.3 Å². The van der Waals surface area contributed by atoms with Gasteiger partial charge in [0.1, 0.15) is 35.2 Å². The number of nitrogens with one attached hydrogen (secondary N) is 1. The van der Waals surface area contributed by atoms with Gasteiger partial charge in [0.2, 0.25) is 5.88 Å². The van der Waals surface area contributed by atoms with E-state index in [4.69, 9.17) is 20.9 Å². The van der Waals surface area contributed by atoms with Crippen LogP contribution in [-0.2, 0) is 16.6 Å². The predicted molar refractivity (Wildman–Crippen MR) is 151 cm³/mol. The zero-order chi connectivity index (χ0) is 27.6. The van der Waals surface area contributed by atoms with Crippen molar-refractivity contribution in [3.05, 3.63) is 33.8 Å². The van der Waals surface area contributed by atoms with Crippen LogP contribution in [0, 0.1) is 11.3 Å². The summed E-state index contributed by atoms with van der Waals surface area (Å²) in [6, 6.07) is 6.03. The third kappa shape index (κ3) is 5.73. The molecule has 2 fully saturated rings. The van der Waals surface area contributed by atoms with Crippen molar-refractivity contribution in [2.75, 3.05) is 39.0 Å². The maximum atomic E-state index is 13.7. The number of hydrogen-bond donors (Lipinski definition) is 3. The van der Waals surface area contributed by atoms with E-state index in [-0.39, 0.29) is 11.9 Å². The molecule has 2 aromatic heterocycles. The highest BCUT2D eigenvalue weighted by Gasteiger charge is 2.43. The fraction of sp³-hybridized carbons (Fsp3) is 0.571. The summed E-state index contributed by atoms with van der Waals surface area (Å²) < 4.78 is 12.4. The number of hydrogen-bond acceptors (Lipinski definition) is 9. The Morgan fingerprint density at radius 1 is 1.33 bits per heavy atom. The van der Waals surface area contributed by atoms with Crippen LogP contribution in [0.3, 0.4) is 0 Å². The van der Waals surface area contributed by atoms with Crippen LogP contribution in [0.2, 0.25) is 0 Å². The molecule has 5 rings (SSSR count). The Bertz CT molecular complexity index is 1300. The second-order valence-corrected chi connectivity index (χ2v) is 12.1. The average molecular weight is 552 g/mol. The van der Waals surface area contributed by atoms with E-state index in [9.17, 15) is 10.1 Å². The van der Waals surface area contributed by atoms with Crippen molar-refractivity contribution in [3.8, 4) is 17.7 Å². The highest BCUT2D eigenvalue weighted by Crippen LogP contribution is 2.46. The molecule has 0 aromatic carbocycles. The van der Waals surface area contributed by atoms with Crippen LogP contribution in [0.25, 0.3) is 0 Å². The van der Waals surface area contributed by atoms with Crippen LogP contribution in [0.1, 0.15) is 67.1 Å². The van der Waals surface area contributed by atoms with E-state index >= 15 is 0 Å². The van der Waals surface area contributed by atoms with Crippen LogP contribution < -0.4 is 26.3 Å². The number of carbonyl (C=O) groups excluding carboxylic acids is 1. The van der Waals surface area contributed by atoms with Crippen molar-refractivity contribution in [3.63, 3.8) is 0 Å². The quantitative estimate of drug-likeness (QED) is 0.348. The number of nitriles is 1. The second kappa shape index (κ2) is 11.5. The van der Waals surface area contributed by atoms with Crippen LogP contribution >= 0.6 is 11.3 Å². The maximum Gasteiger partial charge on any atom is 0.258 e. The number of nitrogens with zero attached hydrogens (tertiary/aromatic N) is 4. The number of aliphatic imine (C=N–C) groups is 1. The smallest absolute Gasteiger partial charge is 0.258 e. The second-order valence-electron chi connectivity index (χ2n) is 10.9. The number of rotatable bonds is 7. The lowest BCUT2D eigenvalue weighted by atomic mass is 9.72. The Kier molecular flexibility index (Phi) is 8.07. The molecule has 2 atom stereocenters. The molecule has 2 unspecified atom stereocenters. The lowest BCUT2D eigenvalue weighted by Crippen LogP contribution is -2.36. The standard InChI is InChI=1S/C28H37N7O3S/c1-28(9-3-6-22-24(28)20(15-29)26(31)39-22)27(36)34-25(30)21-13-19(38-18-7-10-32-11-8-18)14-23(33-21)37-16-17-5-4-12-35(17)2/h13-14,17-18,32H,3-12,16,31H2,1-2H3,(H2,30,34,36). The van der Waals surface area contributed by atoms with E-state index in [1.807, 2.05) is 6.92 Å². The number of amides is 1. The number of likely N-dealkylation sites (N-methyl/N-ethyl adjacent to an activating group) is 1. The highest BCUT2D eigenvalue weighted by molar-refractivity contribution is 7.16. The van der Waals surface area contributed by atoms with Crippen LogP contribution in [-0.4, -0.2) is 67.1 Å². The fourth-order valence-corrected chi connectivity index (χ4v) is 7.02. The molecule has 2 aromatic rings. The lowest BCUT2D eigenvalue weighted by molar-refractivity contribution is -0.123. The Balaban J connectivity index is 1.43. The van der Waals surface area contributed by atoms with Crippen LogP contribution in [0.5, 0.6) is 11.6 Å². The number of aromatic nitrogens is 1. The topological polar surface area (TPSA) is 152 Å². The van der Waals surface area contributed by atoms with Crippen molar-refractivity contribution in [1.29, 1.82) is 5.26 Å². The number of aryl methyl sites for hydroxylation is 1. The molecule has 2 saturated heterocycles. The van der Waals surface area contributed by atoms with Crippen LogP contribution in [0.4, 0.5) is 5.00 Å². The van der Waals surface area contributed by atoms with E-state index in [1.54, 1.807) is 12.1 Å². The molecule has 0 bridgehead atoms. The summed E-state index contributed by atoms with van der Waals surface area (Å²) in [7, 11) is 2.10. The number of nitrogen functional groups attached to an aromatic ring is 1. The van der Waals surface area contributed by atoms with Gasteiger partial charge in [0.05, 0.1) is 11.0 Å². The average Bonchev–Trinajstić information content (AvgIpc) is 3.49. The lowest BCUT2D eigenvalue weighted by Gasteiger charge is -2.31. The van der Waals surface area contributed by atoms with Crippen LogP contribution in [0.15, 0.2) is 17.1 Å². The Morgan fingerprint density at radius 2 is 2.13 bits per heavy atom. The molecular weight excluding hydrogens is 514 g/mol. The number of likely N-dealkylation sites (tertiary alicyclic amines) is 1. The number of nitrogens with two attached hydrogens (primary N) is 2. The number of anilines is 1.